The summed E-state index contributed by atoms with van der Waals surface area (Å²) in [6.45, 7) is 7.35. The summed E-state index contributed by atoms with van der Waals surface area (Å²) in [5, 5.41) is 2.85. The standard InChI is InChI=1S/C17H24N2O4/c1-12(20)19(10-9-15(21)18-17(2,3)4)14-8-6-7-13(11-14)16(22)23-5/h6-8,11H,9-10H2,1-5H3,(H,18,21). The molecule has 0 radical (unpaired) electrons. The van der Waals surface area contributed by atoms with E-state index in [4.69, 9.17) is 0 Å². The van der Waals surface area contributed by atoms with Crippen LogP contribution in [0.4, 0.5) is 5.69 Å². The number of nitrogens with one attached hydrogen (secondary N) is 1. The highest BCUT2D eigenvalue weighted by atomic mass is 16.5. The first-order chi connectivity index (χ1) is 10.6. The number of rotatable bonds is 5. The van der Waals surface area contributed by atoms with Crippen molar-refractivity contribution in [2.45, 2.75) is 39.7 Å². The van der Waals surface area contributed by atoms with Gasteiger partial charge in [0.15, 0.2) is 0 Å². The van der Waals surface area contributed by atoms with Crippen LogP contribution in [-0.2, 0) is 14.3 Å². The fraction of sp³-hybridized carbons (Fsp3) is 0.471. The maximum atomic E-state index is 11.9. The Hall–Kier alpha value is -2.37. The third-order valence-corrected chi connectivity index (χ3v) is 3.04. The van der Waals surface area contributed by atoms with Crippen molar-refractivity contribution >= 4 is 23.5 Å². The molecular formula is C17H24N2O4. The summed E-state index contributed by atoms with van der Waals surface area (Å²) in [5.41, 5.74) is 0.600. The number of nitrogens with zero attached hydrogens (tertiary/aromatic N) is 1. The van der Waals surface area contributed by atoms with Crippen LogP contribution in [0.2, 0.25) is 0 Å². The van der Waals surface area contributed by atoms with Crippen LogP contribution in [0.5, 0.6) is 0 Å². The number of carbonyl (C=O) groups excluding carboxylic acids is 3. The molecule has 23 heavy (non-hydrogen) atoms. The number of methoxy groups -OCH3 is 1. The normalized spacial score (nSPS) is 10.8. The van der Waals surface area contributed by atoms with Crippen LogP contribution >= 0.6 is 0 Å². The van der Waals surface area contributed by atoms with Gasteiger partial charge in [-0.2, -0.15) is 0 Å². The quantitative estimate of drug-likeness (QED) is 0.843. The van der Waals surface area contributed by atoms with Gasteiger partial charge in [-0.05, 0) is 39.0 Å². The largest absolute Gasteiger partial charge is 0.465 e. The number of benzene rings is 1. The van der Waals surface area contributed by atoms with Crippen LogP contribution in [0.25, 0.3) is 0 Å². The molecule has 0 saturated carbocycles. The van der Waals surface area contributed by atoms with Crippen molar-refractivity contribution in [1.82, 2.24) is 5.32 Å². The SMILES string of the molecule is COC(=O)c1cccc(N(CCC(=O)NC(C)(C)C)C(C)=O)c1. The average Bonchev–Trinajstić information content (AvgIpc) is 2.44. The molecule has 0 bridgehead atoms. The number of carbonyl (C=O) groups is 3. The van der Waals surface area contributed by atoms with E-state index >= 15 is 0 Å². The Morgan fingerprint density at radius 2 is 1.87 bits per heavy atom. The van der Waals surface area contributed by atoms with Crippen molar-refractivity contribution < 1.29 is 19.1 Å². The molecule has 0 fully saturated rings. The molecule has 1 rings (SSSR count). The Bertz CT molecular complexity index is 591. The fourth-order valence-corrected chi connectivity index (χ4v) is 2.08. The van der Waals surface area contributed by atoms with Gasteiger partial charge in [0.25, 0.3) is 0 Å². The average molecular weight is 320 g/mol. The van der Waals surface area contributed by atoms with Gasteiger partial charge in [-0.25, -0.2) is 4.79 Å². The van der Waals surface area contributed by atoms with Crippen molar-refractivity contribution in [3.05, 3.63) is 29.8 Å². The Morgan fingerprint density at radius 1 is 1.22 bits per heavy atom. The molecule has 0 aliphatic heterocycles. The van der Waals surface area contributed by atoms with Crippen LogP contribution in [0, 0.1) is 0 Å². The van der Waals surface area contributed by atoms with E-state index < -0.39 is 5.97 Å². The zero-order valence-corrected chi connectivity index (χ0v) is 14.3. The van der Waals surface area contributed by atoms with Crippen molar-refractivity contribution in [3.8, 4) is 0 Å². The van der Waals surface area contributed by atoms with Gasteiger partial charge in [-0.1, -0.05) is 6.07 Å². The molecule has 0 aliphatic carbocycles. The summed E-state index contributed by atoms with van der Waals surface area (Å²) in [6, 6.07) is 6.58. The topological polar surface area (TPSA) is 75.7 Å². The van der Waals surface area contributed by atoms with Gasteiger partial charge in [0.05, 0.1) is 12.7 Å². The molecule has 6 heteroatoms. The van der Waals surface area contributed by atoms with Gasteiger partial charge in [0.2, 0.25) is 11.8 Å². The molecule has 6 nitrogen and oxygen atoms in total. The predicted molar refractivity (Wildman–Crippen MR) is 88.3 cm³/mol. The molecule has 0 aromatic heterocycles. The van der Waals surface area contributed by atoms with Gasteiger partial charge in [0.1, 0.15) is 0 Å². The summed E-state index contributed by atoms with van der Waals surface area (Å²) in [4.78, 5) is 36.8. The summed E-state index contributed by atoms with van der Waals surface area (Å²) < 4.78 is 4.68. The third-order valence-electron chi connectivity index (χ3n) is 3.04. The predicted octanol–water partition coefficient (Wildman–Crippen LogP) is 2.13. The second-order valence-corrected chi connectivity index (χ2v) is 6.26. The molecule has 126 valence electrons. The second kappa shape index (κ2) is 7.76. The lowest BCUT2D eigenvalue weighted by atomic mass is 10.1. The van der Waals surface area contributed by atoms with Gasteiger partial charge in [-0.15, -0.1) is 0 Å². The van der Waals surface area contributed by atoms with E-state index in [-0.39, 0.29) is 30.3 Å². The molecule has 0 saturated heterocycles. The molecule has 0 atom stereocenters. The zero-order chi connectivity index (χ0) is 17.6. The molecule has 1 aromatic rings. The number of anilines is 1. The minimum atomic E-state index is -0.471. The van der Waals surface area contributed by atoms with E-state index in [1.54, 1.807) is 24.3 Å². The number of ether oxygens (including phenoxy) is 1. The molecule has 0 spiro atoms. The number of hydrogen-bond donors (Lipinski definition) is 1. The van der Waals surface area contributed by atoms with E-state index in [0.29, 0.717) is 11.3 Å². The molecule has 0 aliphatic rings. The van der Waals surface area contributed by atoms with Gasteiger partial charge in [-0.3, -0.25) is 9.59 Å². The Kier molecular flexibility index (Phi) is 6.30. The summed E-state index contributed by atoms with van der Waals surface area (Å²) in [6.07, 6.45) is 0.180. The van der Waals surface area contributed by atoms with Crippen LogP contribution < -0.4 is 10.2 Å². The zero-order valence-electron chi connectivity index (χ0n) is 14.3. The van der Waals surface area contributed by atoms with Crippen molar-refractivity contribution in [2.75, 3.05) is 18.6 Å². The minimum absolute atomic E-state index is 0.132. The maximum absolute atomic E-state index is 11.9. The smallest absolute Gasteiger partial charge is 0.337 e. The van der Waals surface area contributed by atoms with Crippen LogP contribution in [-0.4, -0.2) is 37.0 Å². The lowest BCUT2D eigenvalue weighted by molar-refractivity contribution is -0.122. The first-order valence-corrected chi connectivity index (χ1v) is 7.41. The van der Waals surface area contributed by atoms with E-state index in [9.17, 15) is 14.4 Å². The second-order valence-electron chi connectivity index (χ2n) is 6.26. The van der Waals surface area contributed by atoms with Crippen molar-refractivity contribution in [2.24, 2.45) is 0 Å². The maximum Gasteiger partial charge on any atom is 0.337 e. The highest BCUT2D eigenvalue weighted by molar-refractivity contribution is 5.95. The van der Waals surface area contributed by atoms with E-state index in [0.717, 1.165) is 0 Å². The first kappa shape index (κ1) is 18.7. The lowest BCUT2D eigenvalue weighted by Gasteiger charge is -2.24. The summed E-state index contributed by atoms with van der Waals surface area (Å²) in [5.74, 6) is -0.802. The third kappa shape index (κ3) is 6.10. The van der Waals surface area contributed by atoms with Gasteiger partial charge in [0, 0.05) is 31.1 Å². The van der Waals surface area contributed by atoms with Crippen molar-refractivity contribution in [3.63, 3.8) is 0 Å². The Labute approximate surface area is 136 Å². The van der Waals surface area contributed by atoms with E-state index in [1.807, 2.05) is 20.8 Å². The van der Waals surface area contributed by atoms with Gasteiger partial charge < -0.3 is 15.0 Å². The number of amides is 2. The van der Waals surface area contributed by atoms with E-state index in [2.05, 4.69) is 10.1 Å². The Balaban J connectivity index is 2.85. The number of hydrogen-bond acceptors (Lipinski definition) is 4. The molecule has 1 aromatic carbocycles. The van der Waals surface area contributed by atoms with Crippen molar-refractivity contribution in [1.29, 1.82) is 0 Å². The van der Waals surface area contributed by atoms with E-state index in [1.165, 1.54) is 18.9 Å². The number of esters is 1. The highest BCUT2D eigenvalue weighted by Gasteiger charge is 2.18. The monoisotopic (exact) mass is 320 g/mol. The van der Waals surface area contributed by atoms with Crippen LogP contribution in [0.1, 0.15) is 44.5 Å². The molecular weight excluding hydrogens is 296 g/mol. The summed E-state index contributed by atoms with van der Waals surface area (Å²) in [7, 11) is 1.30. The first-order valence-electron chi connectivity index (χ1n) is 7.41. The van der Waals surface area contributed by atoms with Gasteiger partial charge >= 0.3 is 5.97 Å². The molecule has 2 amide bonds. The molecule has 0 heterocycles. The molecule has 1 N–H and O–H groups in total. The van der Waals surface area contributed by atoms with Crippen LogP contribution in [0.3, 0.4) is 0 Å². The Morgan fingerprint density at radius 3 is 2.39 bits per heavy atom. The summed E-state index contributed by atoms with van der Waals surface area (Å²) >= 11 is 0. The van der Waals surface area contributed by atoms with Crippen LogP contribution in [0.15, 0.2) is 24.3 Å². The molecule has 0 unspecified atom stereocenters. The lowest BCUT2D eigenvalue weighted by Crippen LogP contribution is -2.42. The minimum Gasteiger partial charge on any atom is -0.465 e. The highest BCUT2D eigenvalue weighted by Crippen LogP contribution is 2.17. The fourth-order valence-electron chi connectivity index (χ4n) is 2.08.